The van der Waals surface area contributed by atoms with Crippen LogP contribution in [0.25, 0.3) is 49.4 Å². The zero-order chi connectivity index (χ0) is 26.0. The van der Waals surface area contributed by atoms with Crippen LogP contribution in [0.4, 0.5) is 0 Å². The summed E-state index contributed by atoms with van der Waals surface area (Å²) in [6.45, 7) is 0. The van der Waals surface area contributed by atoms with Crippen LogP contribution < -0.4 is 15.9 Å². The van der Waals surface area contributed by atoms with Crippen molar-refractivity contribution >= 4 is 83.1 Å². The van der Waals surface area contributed by atoms with Crippen LogP contribution in [0.5, 0.6) is 0 Å². The van der Waals surface area contributed by atoms with Crippen LogP contribution in [-0.2, 0) is 11.8 Å². The summed E-state index contributed by atoms with van der Waals surface area (Å²) in [5, 5.41) is 6.78. The highest BCUT2D eigenvalue weighted by Gasteiger charge is 2.26. The Kier molecular flexibility index (Phi) is 4.97. The van der Waals surface area contributed by atoms with E-state index in [1.807, 2.05) is 12.1 Å². The molecule has 0 aliphatic carbocycles. The van der Waals surface area contributed by atoms with Gasteiger partial charge >= 0.3 is 0 Å². The fourth-order valence-electron chi connectivity index (χ4n) is 5.77. The molecule has 0 fully saturated rings. The van der Waals surface area contributed by atoms with Crippen molar-refractivity contribution in [3.63, 3.8) is 0 Å². The Labute approximate surface area is 230 Å². The molecule has 0 N–H and O–H groups in total. The van der Waals surface area contributed by atoms with Crippen molar-refractivity contribution in [3.8, 4) is 0 Å². The molecule has 0 spiro atoms. The van der Waals surface area contributed by atoms with E-state index in [0.29, 0.717) is 0 Å². The van der Waals surface area contributed by atoms with E-state index in [-0.39, 0.29) is 0 Å². The number of pyridine rings is 2. The van der Waals surface area contributed by atoms with Gasteiger partial charge in [0.2, 0.25) is 0 Å². The van der Waals surface area contributed by atoms with Crippen molar-refractivity contribution < 1.29 is 0 Å². The van der Waals surface area contributed by atoms with E-state index in [4.69, 9.17) is 21.8 Å². The number of hydrogen-bond acceptors (Lipinski definition) is 3. The zero-order valence-electron chi connectivity index (χ0n) is 20.9. The Balaban J connectivity index is 1.55. The molecule has 0 saturated carbocycles. The van der Waals surface area contributed by atoms with Gasteiger partial charge in [0.25, 0.3) is 0 Å². The Morgan fingerprint density at radius 3 is 1.90 bits per heavy atom. The smallest absolute Gasteiger partial charge is 0.147 e. The van der Waals surface area contributed by atoms with Crippen LogP contribution >= 0.6 is 6.04 Å². The molecular formula is C34H22N3PS. The highest BCUT2D eigenvalue weighted by Crippen LogP contribution is 2.44. The maximum Gasteiger partial charge on any atom is 0.147 e. The monoisotopic (exact) mass is 535 g/mol. The van der Waals surface area contributed by atoms with Crippen LogP contribution in [-0.4, -0.2) is 14.4 Å². The predicted octanol–water partition coefficient (Wildman–Crippen LogP) is 7.10. The maximum absolute atomic E-state index is 6.69. The normalized spacial score (nSPS) is 12.2. The lowest BCUT2D eigenvalue weighted by molar-refractivity contribution is 1.31. The number of fused-ring (bicyclic) bond motifs is 9. The van der Waals surface area contributed by atoms with Crippen molar-refractivity contribution in [2.75, 3.05) is 0 Å². The van der Waals surface area contributed by atoms with Gasteiger partial charge in [-0.15, -0.1) is 0 Å². The van der Waals surface area contributed by atoms with Crippen LogP contribution in [0.15, 0.2) is 133 Å². The summed E-state index contributed by atoms with van der Waals surface area (Å²) in [6.07, 6.45) is 0. The Hall–Kier alpha value is -4.37. The van der Waals surface area contributed by atoms with Crippen molar-refractivity contribution in [2.24, 2.45) is 0 Å². The van der Waals surface area contributed by atoms with E-state index in [0.717, 1.165) is 54.7 Å². The summed E-state index contributed by atoms with van der Waals surface area (Å²) in [7, 11) is 0. The van der Waals surface area contributed by atoms with Crippen LogP contribution in [0.1, 0.15) is 0 Å². The van der Waals surface area contributed by atoms with Gasteiger partial charge in [0, 0.05) is 22.2 Å². The number of benzene rings is 5. The summed E-state index contributed by atoms with van der Waals surface area (Å²) in [4.78, 5) is 10.3. The maximum atomic E-state index is 6.69. The van der Waals surface area contributed by atoms with E-state index in [2.05, 4.69) is 126 Å². The number of imidazole rings is 1. The topological polar surface area (TPSA) is 30.2 Å². The zero-order valence-corrected chi connectivity index (χ0v) is 22.6. The molecule has 0 bridgehead atoms. The number of rotatable bonds is 3. The summed E-state index contributed by atoms with van der Waals surface area (Å²) < 4.78 is 2.29. The van der Waals surface area contributed by atoms with Crippen molar-refractivity contribution in [1.82, 2.24) is 14.4 Å². The number of aromatic nitrogens is 3. The van der Waals surface area contributed by atoms with Gasteiger partial charge in [0.05, 0.1) is 27.6 Å². The third-order valence-electron chi connectivity index (χ3n) is 7.61. The van der Waals surface area contributed by atoms with Gasteiger partial charge in [0.15, 0.2) is 0 Å². The number of hydrogen-bond donors (Lipinski definition) is 0. The van der Waals surface area contributed by atoms with Gasteiger partial charge in [-0.25, -0.2) is 9.97 Å². The Morgan fingerprint density at radius 2 is 1.15 bits per heavy atom. The van der Waals surface area contributed by atoms with Gasteiger partial charge in [-0.05, 0) is 52.3 Å². The third kappa shape index (κ3) is 3.32. The molecule has 5 heteroatoms. The molecule has 39 heavy (non-hydrogen) atoms. The quantitative estimate of drug-likeness (QED) is 0.137. The van der Waals surface area contributed by atoms with Crippen molar-refractivity contribution in [1.29, 1.82) is 0 Å². The average molecular weight is 536 g/mol. The minimum absolute atomic E-state index is 0.918. The first kappa shape index (κ1) is 22.6. The fourth-order valence-corrected chi connectivity index (χ4v) is 9.50. The Bertz CT molecular complexity index is 2210. The molecule has 0 aliphatic rings. The van der Waals surface area contributed by atoms with Gasteiger partial charge in [0.1, 0.15) is 5.65 Å². The lowest BCUT2D eigenvalue weighted by atomic mass is 10.1. The van der Waals surface area contributed by atoms with Gasteiger partial charge < -0.3 is 0 Å². The first-order chi connectivity index (χ1) is 19.2. The molecule has 0 atom stereocenters. The van der Waals surface area contributed by atoms with Crippen LogP contribution in [0.2, 0.25) is 0 Å². The molecule has 8 rings (SSSR count). The fraction of sp³-hybridized carbons (Fsp3) is 0. The highest BCUT2D eigenvalue weighted by molar-refractivity contribution is 8.25. The van der Waals surface area contributed by atoms with Gasteiger partial charge in [-0.1, -0.05) is 109 Å². The predicted molar refractivity (Wildman–Crippen MR) is 169 cm³/mol. The molecular weight excluding hydrogens is 513 g/mol. The lowest BCUT2D eigenvalue weighted by Gasteiger charge is -2.24. The van der Waals surface area contributed by atoms with E-state index in [1.165, 1.54) is 10.6 Å². The molecule has 0 unspecified atom stereocenters. The van der Waals surface area contributed by atoms with Crippen LogP contribution in [0, 0.1) is 0 Å². The van der Waals surface area contributed by atoms with Gasteiger partial charge in [-0.2, -0.15) is 0 Å². The highest BCUT2D eigenvalue weighted by atomic mass is 32.4. The molecule has 5 aromatic carbocycles. The average Bonchev–Trinajstić information content (AvgIpc) is 3.41. The first-order valence-electron chi connectivity index (χ1n) is 13.0. The molecule has 0 amide bonds. The van der Waals surface area contributed by atoms with E-state index in [1.54, 1.807) is 0 Å². The molecule has 184 valence electrons. The van der Waals surface area contributed by atoms with E-state index < -0.39 is 6.04 Å². The molecule has 3 heterocycles. The SMILES string of the molecule is S=P(c1ccccc1)(c1ccccc1)c1ccc2c3nc4ccccc4cc3c3nc4ccccc4n3c2c1. The summed E-state index contributed by atoms with van der Waals surface area (Å²) in [5.74, 6) is 0. The minimum Gasteiger partial charge on any atom is -0.292 e. The molecule has 0 radical (unpaired) electrons. The lowest BCUT2D eigenvalue weighted by Crippen LogP contribution is -2.24. The summed E-state index contributed by atoms with van der Waals surface area (Å²) >= 11 is 6.69. The second-order valence-corrected chi connectivity index (χ2v) is 14.2. The van der Waals surface area contributed by atoms with Gasteiger partial charge in [-0.3, -0.25) is 4.40 Å². The standard InChI is InChI=1S/C34H22N3PS/c39-38(24-12-3-1-4-13-24,25-14-5-2-6-15-25)26-19-20-27-32(22-26)37-31-18-10-9-17-30(31)36-34(37)28-21-23-11-7-8-16-29(23)35-33(27)28/h1-22H. The minimum atomic E-state index is -2.32. The summed E-state index contributed by atoms with van der Waals surface area (Å²) in [5.41, 5.74) is 5.99. The molecule has 0 saturated heterocycles. The van der Waals surface area contributed by atoms with Crippen molar-refractivity contribution in [3.05, 3.63) is 133 Å². The molecule has 8 aromatic rings. The first-order valence-corrected chi connectivity index (χ1v) is 15.8. The number of para-hydroxylation sites is 3. The second kappa shape index (κ2) is 8.57. The molecule has 0 aliphatic heterocycles. The molecule has 3 aromatic heterocycles. The number of nitrogens with zero attached hydrogens (tertiary/aromatic N) is 3. The second-order valence-electron chi connectivity index (χ2n) is 9.82. The summed E-state index contributed by atoms with van der Waals surface area (Å²) in [6, 6.07) is 44.4. The Morgan fingerprint density at radius 1 is 0.513 bits per heavy atom. The third-order valence-corrected chi connectivity index (χ3v) is 12.6. The van der Waals surface area contributed by atoms with Crippen molar-refractivity contribution in [2.45, 2.75) is 0 Å². The van der Waals surface area contributed by atoms with Crippen LogP contribution in [0.3, 0.4) is 0 Å². The van der Waals surface area contributed by atoms with E-state index in [9.17, 15) is 0 Å². The van der Waals surface area contributed by atoms with E-state index >= 15 is 0 Å². The molecule has 3 nitrogen and oxygen atoms in total. The largest absolute Gasteiger partial charge is 0.292 e.